The Hall–Kier alpha value is 1.83. The topological polar surface area (TPSA) is 89.4 Å². The van der Waals surface area contributed by atoms with Crippen LogP contribution in [0.25, 0.3) is 0 Å². The molecule has 0 aliphatic carbocycles. The second-order valence-electron chi connectivity index (χ2n) is 0.396. The van der Waals surface area contributed by atoms with Crippen LogP contribution in [0.4, 0.5) is 0 Å². The smallest absolute Gasteiger partial charge is 0.0777 e. The Balaban J connectivity index is -0.0000000800. The third-order valence-corrected chi connectivity index (χ3v) is 0. The molecule has 0 aromatic carbocycles. The SMILES string of the molecule is [B].[K].[O-][Cl+3]([O-])([O-])O. The van der Waals surface area contributed by atoms with Gasteiger partial charge in [0.2, 0.25) is 0 Å². The molecule has 36 valence electrons. The Bertz CT molecular complexity index is 27.2. The molecule has 4 radical (unpaired) electrons. The zero-order chi connectivity index (χ0) is 4.50. The molecule has 0 saturated carbocycles. The van der Waals surface area contributed by atoms with Crippen LogP contribution < -0.4 is 14.0 Å². The van der Waals surface area contributed by atoms with Crippen molar-refractivity contribution in [3.63, 3.8) is 0 Å². The molecule has 0 spiro atoms. The van der Waals surface area contributed by atoms with Gasteiger partial charge >= 0.3 is 0 Å². The molecule has 0 fully saturated rings. The Kier molecular flexibility index (Phi) is 13.6. The molecule has 0 amide bonds. The van der Waals surface area contributed by atoms with E-state index in [0.717, 1.165) is 0 Å². The summed E-state index contributed by atoms with van der Waals surface area (Å²) in [6.07, 6.45) is 0. The molecule has 1 N–H and O–H groups in total. The molecule has 0 saturated heterocycles. The maximum Gasteiger partial charge on any atom is 0.0777 e. The van der Waals surface area contributed by atoms with Crippen LogP contribution in [0, 0.1) is 10.2 Å². The van der Waals surface area contributed by atoms with E-state index >= 15 is 0 Å². The van der Waals surface area contributed by atoms with Crippen LogP contribution in [0.2, 0.25) is 0 Å². The van der Waals surface area contributed by atoms with Crippen molar-refractivity contribution in [3.8, 4) is 0 Å². The molecule has 0 atom stereocenters. The van der Waals surface area contributed by atoms with Crippen LogP contribution in [0.1, 0.15) is 0 Å². The van der Waals surface area contributed by atoms with Gasteiger partial charge in [0.25, 0.3) is 0 Å². The van der Waals surface area contributed by atoms with E-state index < -0.39 is 10.2 Å². The van der Waals surface area contributed by atoms with Gasteiger partial charge in [-0.3, -0.25) is 0 Å². The van der Waals surface area contributed by atoms with E-state index in [2.05, 4.69) is 0 Å². The minimum Gasteiger partial charge on any atom is -0.183 e. The Morgan fingerprint density at radius 2 is 1.14 bits per heavy atom. The average Bonchev–Trinajstić information content (AvgIpc) is 0.722. The molecule has 0 aromatic heterocycles. The fourth-order valence-electron chi connectivity index (χ4n) is 0. The predicted molar refractivity (Wildman–Crippen MR) is 13.7 cm³/mol. The molecule has 0 heterocycles. The normalized spacial score (nSPS) is 8.57. The number of hydrogen-bond acceptors (Lipinski definition) is 4. The fourth-order valence-corrected chi connectivity index (χ4v) is 0. The van der Waals surface area contributed by atoms with Gasteiger partial charge in [-0.2, -0.15) is 14.0 Å². The molecule has 0 rings (SSSR count). The summed E-state index contributed by atoms with van der Waals surface area (Å²) in [5.74, 6) is 0. The van der Waals surface area contributed by atoms with Gasteiger partial charge in [-0.1, -0.05) is 0 Å². The van der Waals surface area contributed by atoms with Crippen molar-refractivity contribution >= 4 is 59.8 Å². The van der Waals surface area contributed by atoms with Crippen molar-refractivity contribution in [2.45, 2.75) is 0 Å². The standard InChI is InChI=1S/B.ClHO4.K/c;2-1(3,4)5;/h;(H,2,3,4,5);. The van der Waals surface area contributed by atoms with Crippen LogP contribution in [0.3, 0.4) is 0 Å². The second-order valence-corrected chi connectivity index (χ2v) is 1.19. The van der Waals surface area contributed by atoms with Crippen LogP contribution in [-0.2, 0) is 0 Å². The van der Waals surface area contributed by atoms with Gasteiger partial charge in [-0.05, 0) is 0 Å². The van der Waals surface area contributed by atoms with Crippen molar-refractivity contribution in [1.29, 1.82) is 0 Å². The van der Waals surface area contributed by atoms with Gasteiger partial charge in [-0.25, -0.2) is 0 Å². The summed E-state index contributed by atoms with van der Waals surface area (Å²) >= 11 is 0. The van der Waals surface area contributed by atoms with Gasteiger partial charge < -0.3 is 0 Å². The first-order valence-electron chi connectivity index (χ1n) is 0.632. The van der Waals surface area contributed by atoms with E-state index in [1.165, 1.54) is 0 Å². The predicted octanol–water partition coefficient (Wildman–Crippen LogP) is -4.89. The summed E-state index contributed by atoms with van der Waals surface area (Å²) in [6, 6.07) is 0. The van der Waals surface area contributed by atoms with Gasteiger partial charge in [0, 0.05) is 59.8 Å². The van der Waals surface area contributed by atoms with Crippen molar-refractivity contribution < 1.29 is 28.9 Å². The molecule has 7 heavy (non-hydrogen) atoms. The van der Waals surface area contributed by atoms with E-state index in [4.69, 9.17) is 18.6 Å². The summed E-state index contributed by atoms with van der Waals surface area (Å²) in [5.41, 5.74) is 0. The van der Waals surface area contributed by atoms with Gasteiger partial charge in [0.05, 0.1) is 14.9 Å². The first kappa shape index (κ1) is 15.9. The van der Waals surface area contributed by atoms with E-state index in [9.17, 15) is 0 Å². The first-order valence-corrected chi connectivity index (χ1v) is 1.90. The minimum absolute atomic E-state index is 0. The van der Waals surface area contributed by atoms with Crippen molar-refractivity contribution in [2.75, 3.05) is 0 Å². The molecule has 0 bridgehead atoms. The molecule has 7 heteroatoms. The molecule has 0 unspecified atom stereocenters. The Labute approximate surface area is 87.3 Å². The van der Waals surface area contributed by atoms with Crippen LogP contribution in [-0.4, -0.2) is 64.5 Å². The summed E-state index contributed by atoms with van der Waals surface area (Å²) in [7, 11) is -4.69. The van der Waals surface area contributed by atoms with E-state index in [1.807, 2.05) is 0 Å². The average molecular weight is 150 g/mol. The molecule has 0 aliphatic rings. The monoisotopic (exact) mass is 150 g/mol. The quantitative estimate of drug-likeness (QED) is 0.351. The Morgan fingerprint density at radius 1 is 1.14 bits per heavy atom. The molecule has 0 aliphatic heterocycles. The summed E-state index contributed by atoms with van der Waals surface area (Å²) < 4.78 is 32.7. The van der Waals surface area contributed by atoms with Gasteiger partial charge in [-0.15, -0.1) is 0 Å². The fraction of sp³-hybridized carbons (Fsp3) is 0. The van der Waals surface area contributed by atoms with E-state index in [-0.39, 0.29) is 59.8 Å². The van der Waals surface area contributed by atoms with Crippen molar-refractivity contribution in [3.05, 3.63) is 0 Å². The van der Waals surface area contributed by atoms with E-state index in [0.29, 0.717) is 0 Å². The second kappa shape index (κ2) is 5.96. The third kappa shape index (κ3) is 79.4. The zero-order valence-corrected chi connectivity index (χ0v) is 7.51. The Morgan fingerprint density at radius 3 is 1.14 bits per heavy atom. The first-order chi connectivity index (χ1) is 2.00. The van der Waals surface area contributed by atoms with Crippen molar-refractivity contribution in [1.82, 2.24) is 0 Å². The van der Waals surface area contributed by atoms with Gasteiger partial charge in [0.1, 0.15) is 0 Å². The third-order valence-electron chi connectivity index (χ3n) is 0. The van der Waals surface area contributed by atoms with Crippen LogP contribution >= 0.6 is 0 Å². The molecule has 0 aromatic rings. The van der Waals surface area contributed by atoms with Crippen LogP contribution in [0.15, 0.2) is 0 Å². The maximum atomic E-state index is 8.60. The zero-order valence-electron chi connectivity index (χ0n) is 3.63. The minimum atomic E-state index is -4.69. The summed E-state index contributed by atoms with van der Waals surface area (Å²) in [6.45, 7) is 0. The molecular weight excluding hydrogens is 149 g/mol. The molecular formula is HBClKO4. The van der Waals surface area contributed by atoms with Crippen LogP contribution in [0.5, 0.6) is 0 Å². The largest absolute Gasteiger partial charge is 0.183 e. The number of rotatable bonds is 0. The van der Waals surface area contributed by atoms with Gasteiger partial charge in [0.15, 0.2) is 0 Å². The summed E-state index contributed by atoms with van der Waals surface area (Å²) in [5, 5.41) is 0. The van der Waals surface area contributed by atoms with E-state index in [1.54, 1.807) is 0 Å². The number of hydrogen-bond donors (Lipinski definition) is 1. The maximum absolute atomic E-state index is 8.60. The summed E-state index contributed by atoms with van der Waals surface area (Å²) in [4.78, 5) is 0. The molecule has 4 nitrogen and oxygen atoms in total. The number of halogens is 1. The van der Waals surface area contributed by atoms with Crippen molar-refractivity contribution in [2.24, 2.45) is 0 Å².